The van der Waals surface area contributed by atoms with E-state index in [1.807, 2.05) is 13.8 Å². The molecule has 12 heavy (non-hydrogen) atoms. The summed E-state index contributed by atoms with van der Waals surface area (Å²) in [6.07, 6.45) is 0.758. The first-order valence-electron chi connectivity index (χ1n) is 4.34. The highest BCUT2D eigenvalue weighted by molar-refractivity contribution is 6.71. The minimum Gasteiger partial charge on any atom is -0.415 e. The molecule has 0 atom stereocenters. The molecule has 0 aromatic heterocycles. The largest absolute Gasteiger partial charge is 0.415 e. The first-order valence-corrected chi connectivity index (χ1v) is 7.45. The van der Waals surface area contributed by atoms with E-state index < -0.39 is 8.32 Å². The van der Waals surface area contributed by atoms with Crippen molar-refractivity contribution in [2.45, 2.75) is 26.9 Å². The Labute approximate surface area is 76.7 Å². The molecule has 0 amide bonds. The highest BCUT2D eigenvalue weighted by atomic mass is 28.4. The van der Waals surface area contributed by atoms with Crippen LogP contribution in [0.2, 0.25) is 13.1 Å². The fourth-order valence-electron chi connectivity index (χ4n) is 0.903. The first-order chi connectivity index (χ1) is 5.48. The third kappa shape index (κ3) is 6.58. The lowest BCUT2D eigenvalue weighted by molar-refractivity contribution is 0.176. The van der Waals surface area contributed by atoms with Crippen molar-refractivity contribution in [3.8, 4) is 0 Å². The maximum atomic E-state index is 5.60. The number of hydrogen-bond donors (Lipinski definition) is 0. The molecule has 0 fully saturated rings. The SMILES string of the molecule is C=C(C)COC[Si](C)(C)OCC. The summed E-state index contributed by atoms with van der Waals surface area (Å²) in [4.78, 5) is 0. The van der Waals surface area contributed by atoms with E-state index in [-0.39, 0.29) is 0 Å². The smallest absolute Gasteiger partial charge is 0.211 e. The van der Waals surface area contributed by atoms with Crippen LogP contribution in [0.4, 0.5) is 0 Å². The second-order valence-electron chi connectivity index (χ2n) is 3.64. The summed E-state index contributed by atoms with van der Waals surface area (Å²) in [6.45, 7) is 13.5. The summed E-state index contributed by atoms with van der Waals surface area (Å²) < 4.78 is 11.0. The fraction of sp³-hybridized carbons (Fsp3) is 0.778. The van der Waals surface area contributed by atoms with Gasteiger partial charge in [0.05, 0.1) is 12.8 Å². The molecule has 0 rings (SSSR count). The van der Waals surface area contributed by atoms with Crippen LogP contribution in [0.15, 0.2) is 12.2 Å². The van der Waals surface area contributed by atoms with Gasteiger partial charge in [0.25, 0.3) is 0 Å². The maximum Gasteiger partial charge on any atom is 0.211 e. The Balaban J connectivity index is 3.53. The van der Waals surface area contributed by atoms with Gasteiger partial charge in [-0.15, -0.1) is 0 Å². The van der Waals surface area contributed by atoms with Gasteiger partial charge in [0.2, 0.25) is 8.32 Å². The summed E-state index contributed by atoms with van der Waals surface area (Å²) in [5.74, 6) is 0. The summed E-state index contributed by atoms with van der Waals surface area (Å²) in [5, 5.41) is 0. The molecule has 3 heteroatoms. The van der Waals surface area contributed by atoms with E-state index in [9.17, 15) is 0 Å². The lowest BCUT2D eigenvalue weighted by Crippen LogP contribution is -2.37. The second-order valence-corrected chi connectivity index (χ2v) is 7.74. The normalized spacial score (nSPS) is 11.7. The second kappa shape index (κ2) is 5.51. The zero-order valence-corrected chi connectivity index (χ0v) is 9.64. The molecule has 0 spiro atoms. The topological polar surface area (TPSA) is 18.5 Å². The number of hydrogen-bond acceptors (Lipinski definition) is 2. The predicted molar refractivity (Wildman–Crippen MR) is 54.7 cm³/mol. The zero-order chi connectivity index (χ0) is 9.61. The molecule has 0 aliphatic rings. The monoisotopic (exact) mass is 188 g/mol. The van der Waals surface area contributed by atoms with E-state index in [1.54, 1.807) is 0 Å². The van der Waals surface area contributed by atoms with Crippen molar-refractivity contribution >= 4 is 8.32 Å². The molecule has 72 valence electrons. The lowest BCUT2D eigenvalue weighted by Gasteiger charge is -2.21. The van der Waals surface area contributed by atoms with Crippen LogP contribution in [0.3, 0.4) is 0 Å². The molecular formula is C9H20O2Si. The van der Waals surface area contributed by atoms with Crippen LogP contribution in [-0.2, 0) is 9.16 Å². The van der Waals surface area contributed by atoms with Crippen molar-refractivity contribution in [2.24, 2.45) is 0 Å². The van der Waals surface area contributed by atoms with Gasteiger partial charge in [-0.2, -0.15) is 0 Å². The summed E-state index contributed by atoms with van der Waals surface area (Å²) in [5.41, 5.74) is 1.07. The molecule has 0 aliphatic carbocycles. The van der Waals surface area contributed by atoms with Crippen LogP contribution < -0.4 is 0 Å². The summed E-state index contributed by atoms with van der Waals surface area (Å²) in [6, 6.07) is 0. The Morgan fingerprint density at radius 2 is 2.00 bits per heavy atom. The van der Waals surface area contributed by atoms with E-state index in [4.69, 9.17) is 9.16 Å². The van der Waals surface area contributed by atoms with Crippen molar-refractivity contribution in [1.82, 2.24) is 0 Å². The number of ether oxygens (including phenoxy) is 1. The average Bonchev–Trinajstić information content (AvgIpc) is 1.85. The third-order valence-electron chi connectivity index (χ3n) is 1.33. The molecule has 0 unspecified atom stereocenters. The predicted octanol–water partition coefficient (Wildman–Crippen LogP) is 2.36. The van der Waals surface area contributed by atoms with Gasteiger partial charge in [0.15, 0.2) is 0 Å². The molecule has 0 N–H and O–H groups in total. The van der Waals surface area contributed by atoms with Crippen LogP contribution in [0, 0.1) is 0 Å². The van der Waals surface area contributed by atoms with Crippen molar-refractivity contribution in [1.29, 1.82) is 0 Å². The Bertz CT molecular complexity index is 143. The van der Waals surface area contributed by atoms with Gasteiger partial charge in [-0.3, -0.25) is 0 Å². The Hall–Kier alpha value is -0.123. The van der Waals surface area contributed by atoms with E-state index in [2.05, 4.69) is 19.7 Å². The van der Waals surface area contributed by atoms with Gasteiger partial charge >= 0.3 is 0 Å². The maximum absolute atomic E-state index is 5.60. The van der Waals surface area contributed by atoms with Gasteiger partial charge in [0, 0.05) is 6.61 Å². The van der Waals surface area contributed by atoms with Gasteiger partial charge in [-0.1, -0.05) is 12.2 Å². The first kappa shape index (κ1) is 11.9. The standard InChI is InChI=1S/C9H20O2Si/c1-6-11-12(4,5)8-10-7-9(2)3/h2,6-8H2,1,3-5H3. The highest BCUT2D eigenvalue weighted by Crippen LogP contribution is 2.04. The van der Waals surface area contributed by atoms with Gasteiger partial charge < -0.3 is 9.16 Å². The van der Waals surface area contributed by atoms with Crippen LogP contribution in [-0.4, -0.2) is 27.8 Å². The van der Waals surface area contributed by atoms with E-state index >= 15 is 0 Å². The molecule has 0 saturated heterocycles. The van der Waals surface area contributed by atoms with Crippen LogP contribution in [0.5, 0.6) is 0 Å². The third-order valence-corrected chi connectivity index (χ3v) is 3.30. The van der Waals surface area contributed by atoms with Gasteiger partial charge in [0.1, 0.15) is 0 Å². The van der Waals surface area contributed by atoms with Crippen LogP contribution in [0.1, 0.15) is 13.8 Å². The number of rotatable bonds is 6. The lowest BCUT2D eigenvalue weighted by atomic mass is 10.4. The molecule has 0 saturated carbocycles. The molecule has 0 aromatic rings. The van der Waals surface area contributed by atoms with Crippen molar-refractivity contribution in [3.05, 3.63) is 12.2 Å². The molecule has 0 aromatic carbocycles. The molecule has 0 bridgehead atoms. The van der Waals surface area contributed by atoms with Gasteiger partial charge in [-0.25, -0.2) is 0 Å². The summed E-state index contributed by atoms with van der Waals surface area (Å²) in [7, 11) is -1.53. The van der Waals surface area contributed by atoms with Crippen LogP contribution in [0.25, 0.3) is 0 Å². The fourth-order valence-corrected chi connectivity index (χ4v) is 2.36. The molecular weight excluding hydrogens is 168 g/mol. The van der Waals surface area contributed by atoms with Crippen molar-refractivity contribution < 1.29 is 9.16 Å². The Morgan fingerprint density at radius 1 is 1.42 bits per heavy atom. The Kier molecular flexibility index (Phi) is 5.45. The summed E-state index contributed by atoms with van der Waals surface area (Å²) >= 11 is 0. The minimum atomic E-state index is -1.53. The Morgan fingerprint density at radius 3 is 2.42 bits per heavy atom. The van der Waals surface area contributed by atoms with E-state index in [0.717, 1.165) is 18.4 Å². The molecule has 0 radical (unpaired) electrons. The molecule has 0 heterocycles. The zero-order valence-electron chi connectivity index (χ0n) is 8.64. The molecule has 0 aliphatic heterocycles. The minimum absolute atomic E-state index is 0.656. The molecule has 2 nitrogen and oxygen atoms in total. The van der Waals surface area contributed by atoms with Crippen molar-refractivity contribution in [2.75, 3.05) is 19.4 Å². The van der Waals surface area contributed by atoms with E-state index in [0.29, 0.717) is 6.61 Å². The quantitative estimate of drug-likeness (QED) is 0.470. The van der Waals surface area contributed by atoms with Gasteiger partial charge in [-0.05, 0) is 26.9 Å². The average molecular weight is 188 g/mol. The van der Waals surface area contributed by atoms with Crippen molar-refractivity contribution in [3.63, 3.8) is 0 Å². The van der Waals surface area contributed by atoms with E-state index in [1.165, 1.54) is 0 Å². The highest BCUT2D eigenvalue weighted by Gasteiger charge is 2.21. The van der Waals surface area contributed by atoms with Crippen LogP contribution >= 0.6 is 0 Å².